The third-order valence-corrected chi connectivity index (χ3v) is 19.6. The standard InChI is InChI=1S/C12H12.2C11H14.C8H16.C8H10.2C7H9N.3C6H8N2.2C6H12O2.C5H7N3.C4H6N4/c1-9-3-5-12-8-10(2)4-6-11(12)7-9;1-8-3-6-11-9(2)4-5-10(11)7-8;1-8-3-4-10-6-9(2)7-11(10)5-8;2*1-7-3-5-8(2)6-4-7;2*1-6-3-4-7(2)8-5-6;2*1-5-3-7-6(2)8-4-5;1-5-3-4-6(2)8-7-5;2*1-5-3-7-6(2)8-4-5;1-4-3-6-5(2)8-7-4;1-3-5-7-4(2)8-6-3/h3-8H,1-2H3;3,6-7,9H,4-5H2,1-2H3;3-5,9H,6-7H2,1-2H3;7-8H,3-6H2,1-2H3;3-6H,1-2H3;2*3-5H,1-2H3;3*3-4H,1-2H3;2*5-6H,3-4H2,1-2H3;3H,1-2H3;1-2H3. The van der Waals surface area contributed by atoms with Crippen LogP contribution in [0.3, 0.4) is 0 Å². The predicted octanol–water partition coefficient (Wildman–Crippen LogP) is 23.4. The van der Waals surface area contributed by atoms with Gasteiger partial charge in [0.05, 0.1) is 49.7 Å². The third kappa shape index (κ3) is 47.8. The number of hydrogen-bond donors (Lipinski definition) is 0. The van der Waals surface area contributed by atoms with Crippen molar-refractivity contribution in [3.05, 3.63) is 312 Å². The summed E-state index contributed by atoms with van der Waals surface area (Å²) in [6.07, 6.45) is 23.8. The molecule has 0 spiro atoms. The molecule has 2 atom stereocenters. The van der Waals surface area contributed by atoms with E-state index in [1.165, 1.54) is 107 Å². The normalized spacial score (nSPS) is 17.6. The molecule has 0 N–H and O–H groups in total. The van der Waals surface area contributed by atoms with Crippen LogP contribution in [-0.2, 0) is 38.2 Å². The zero-order valence-corrected chi connectivity index (χ0v) is 79.2. The van der Waals surface area contributed by atoms with Gasteiger partial charge in [0.15, 0.2) is 24.2 Å². The van der Waals surface area contributed by atoms with Gasteiger partial charge < -0.3 is 18.9 Å². The molecule has 3 fully saturated rings. The van der Waals surface area contributed by atoms with Gasteiger partial charge in [0.25, 0.3) is 0 Å². The lowest BCUT2D eigenvalue weighted by molar-refractivity contribution is -0.187. The molecule has 656 valence electrons. The Bertz CT molecular complexity index is 3960. The fourth-order valence-electron chi connectivity index (χ4n) is 12.0. The van der Waals surface area contributed by atoms with Crippen molar-refractivity contribution < 1.29 is 18.9 Å². The topological polar surface area (TPSA) is 230 Å². The first-order valence-electron chi connectivity index (χ1n) is 43.3. The van der Waals surface area contributed by atoms with Crippen LogP contribution in [-0.4, -0.2) is 115 Å². The monoisotopic (exact) mass is 1660 g/mol. The number of nitrogens with zero attached hydrogens (tertiary/aromatic N) is 15. The fourth-order valence-corrected chi connectivity index (χ4v) is 12.0. The van der Waals surface area contributed by atoms with Crippen molar-refractivity contribution in [1.82, 2.24) is 75.7 Å². The summed E-state index contributed by atoms with van der Waals surface area (Å²) in [4.78, 5) is 27.9. The summed E-state index contributed by atoms with van der Waals surface area (Å²) in [5.74, 6) is 8.44. The van der Waals surface area contributed by atoms with Crippen molar-refractivity contribution in [2.75, 3.05) is 26.4 Å². The van der Waals surface area contributed by atoms with Crippen molar-refractivity contribution in [2.45, 2.75) is 264 Å². The Morgan fingerprint density at radius 2 is 0.549 bits per heavy atom. The second-order valence-electron chi connectivity index (χ2n) is 33.5. The molecule has 0 radical (unpaired) electrons. The summed E-state index contributed by atoms with van der Waals surface area (Å²) in [6, 6.07) is 47.3. The lowest BCUT2D eigenvalue weighted by atomic mass is 9.84. The lowest BCUT2D eigenvalue weighted by Gasteiger charge is -2.24. The first-order valence-corrected chi connectivity index (χ1v) is 43.3. The second-order valence-corrected chi connectivity index (χ2v) is 33.5. The molecular weight excluding hydrogens is 1510 g/mol. The molecule has 19 nitrogen and oxygen atoms in total. The van der Waals surface area contributed by atoms with Crippen LogP contribution in [0.1, 0.15) is 229 Å². The number of aryl methyl sites for hydroxylation is 21. The van der Waals surface area contributed by atoms with Crippen molar-refractivity contribution in [2.24, 2.45) is 29.6 Å². The zero-order chi connectivity index (χ0) is 90.1. The van der Waals surface area contributed by atoms with E-state index in [0.717, 1.165) is 107 Å². The molecule has 12 aromatic rings. The van der Waals surface area contributed by atoms with Gasteiger partial charge in [0.2, 0.25) is 0 Å². The smallest absolute Gasteiger partial charge is 0.170 e. The Balaban J connectivity index is 0.000000277. The molecule has 7 aromatic heterocycles. The van der Waals surface area contributed by atoms with Gasteiger partial charge in [0, 0.05) is 60.4 Å². The maximum Gasteiger partial charge on any atom is 0.170 e. The highest BCUT2D eigenvalue weighted by Crippen LogP contribution is 2.33. The molecule has 2 saturated heterocycles. The van der Waals surface area contributed by atoms with E-state index >= 15 is 0 Å². The van der Waals surface area contributed by atoms with Crippen LogP contribution in [0.4, 0.5) is 0 Å². The first-order chi connectivity index (χ1) is 57.9. The Morgan fingerprint density at radius 1 is 0.230 bits per heavy atom. The average molecular weight is 1660 g/mol. The molecular formula is C103H145N15O4. The van der Waals surface area contributed by atoms with Crippen molar-refractivity contribution in [3.63, 3.8) is 0 Å². The molecule has 2 aliphatic heterocycles. The zero-order valence-electron chi connectivity index (χ0n) is 79.2. The van der Waals surface area contributed by atoms with Crippen molar-refractivity contribution >= 4 is 10.8 Å². The van der Waals surface area contributed by atoms with Crippen LogP contribution in [0.2, 0.25) is 0 Å². The van der Waals surface area contributed by atoms with Gasteiger partial charge in [-0.2, -0.15) is 15.3 Å². The van der Waals surface area contributed by atoms with Crippen molar-refractivity contribution in [1.29, 1.82) is 0 Å². The van der Waals surface area contributed by atoms with Gasteiger partial charge in [-0.3, -0.25) is 9.97 Å². The molecule has 3 aliphatic carbocycles. The molecule has 122 heavy (non-hydrogen) atoms. The number of ether oxygens (including phenoxy) is 4. The number of hydrogen-bond acceptors (Lipinski definition) is 19. The van der Waals surface area contributed by atoms with Gasteiger partial charge >= 0.3 is 0 Å². The molecule has 19 heteroatoms. The molecule has 9 heterocycles. The maximum absolute atomic E-state index is 5.17. The van der Waals surface area contributed by atoms with Crippen LogP contribution < -0.4 is 0 Å². The number of aromatic nitrogens is 15. The van der Waals surface area contributed by atoms with Gasteiger partial charge in [-0.25, -0.2) is 24.9 Å². The molecule has 17 rings (SSSR count). The van der Waals surface area contributed by atoms with E-state index in [1.807, 2.05) is 158 Å². The van der Waals surface area contributed by atoms with Crippen molar-refractivity contribution in [3.8, 4) is 0 Å². The Morgan fingerprint density at radius 3 is 0.893 bits per heavy atom. The van der Waals surface area contributed by atoms with E-state index < -0.39 is 0 Å². The molecule has 0 amide bonds. The molecule has 2 unspecified atom stereocenters. The number of benzene rings is 5. The Labute approximate surface area is 733 Å². The van der Waals surface area contributed by atoms with Crippen LogP contribution in [0.15, 0.2) is 177 Å². The minimum atomic E-state index is 0.0196. The minimum Gasteiger partial charge on any atom is -0.353 e. The maximum atomic E-state index is 5.17. The highest BCUT2D eigenvalue weighted by atomic mass is 16.7. The summed E-state index contributed by atoms with van der Waals surface area (Å²) >= 11 is 0. The van der Waals surface area contributed by atoms with Crippen LogP contribution >= 0.6 is 0 Å². The molecule has 5 aromatic carbocycles. The predicted molar refractivity (Wildman–Crippen MR) is 501 cm³/mol. The summed E-state index contributed by atoms with van der Waals surface area (Å²) in [5, 5.41) is 32.4. The van der Waals surface area contributed by atoms with Gasteiger partial charge in [-0.05, 0) is 281 Å². The quantitative estimate of drug-likeness (QED) is 0.137. The Kier molecular flexibility index (Phi) is 49.4. The van der Waals surface area contributed by atoms with Crippen LogP contribution in [0.5, 0.6) is 0 Å². The summed E-state index contributed by atoms with van der Waals surface area (Å²) < 4.78 is 20.7. The molecule has 5 aliphatic rings. The highest BCUT2D eigenvalue weighted by Gasteiger charge is 2.19. The van der Waals surface area contributed by atoms with Gasteiger partial charge in [0.1, 0.15) is 17.5 Å². The SMILES string of the molecule is CC1CCC(C)CC1.CC1COC(C)OC1.CC1COC(C)OC1.Cc1ccc(C)cc1.Cc1ccc(C)nc1.Cc1ccc(C)nc1.Cc1ccc(C)nn1.Cc1ccc2c(c1)CC(C)C2.Cc1ccc2c(c1)CCC2C.Cc1ccc2cc(C)ccc2c1.Cc1cnc(C)nc1.Cc1cnc(C)nc1.Cc1cnc(C)nn1.Cc1nnc(C)nn1. The van der Waals surface area contributed by atoms with E-state index in [4.69, 9.17) is 18.9 Å². The van der Waals surface area contributed by atoms with Gasteiger partial charge in [-0.15, -0.1) is 25.5 Å². The first kappa shape index (κ1) is 104. The number of fused-ring (bicyclic) bond motifs is 3. The van der Waals surface area contributed by atoms with E-state index in [2.05, 4.69) is 268 Å². The lowest BCUT2D eigenvalue weighted by Crippen LogP contribution is -2.27. The third-order valence-electron chi connectivity index (χ3n) is 19.6. The number of pyridine rings is 2. The second kappa shape index (κ2) is 57.9. The number of rotatable bonds is 0. The molecule has 0 bridgehead atoms. The Hall–Kier alpha value is -10.3. The summed E-state index contributed by atoms with van der Waals surface area (Å²) in [7, 11) is 0. The summed E-state index contributed by atoms with van der Waals surface area (Å²) in [5.41, 5.74) is 24.0. The highest BCUT2D eigenvalue weighted by molar-refractivity contribution is 5.83. The summed E-state index contributed by atoms with van der Waals surface area (Å²) in [6.45, 7) is 60.4. The van der Waals surface area contributed by atoms with Crippen LogP contribution in [0.25, 0.3) is 10.8 Å². The van der Waals surface area contributed by atoms with E-state index in [1.54, 1.807) is 42.3 Å². The fraction of sp³-hybridized carbons (Fsp3) is 0.466. The van der Waals surface area contributed by atoms with Crippen LogP contribution in [0, 0.1) is 168 Å². The average Bonchev–Trinajstić information content (AvgIpc) is 1.48. The van der Waals surface area contributed by atoms with E-state index in [0.29, 0.717) is 23.5 Å². The van der Waals surface area contributed by atoms with Gasteiger partial charge in [-0.1, -0.05) is 210 Å². The largest absolute Gasteiger partial charge is 0.353 e. The van der Waals surface area contributed by atoms with E-state index in [9.17, 15) is 0 Å². The van der Waals surface area contributed by atoms with E-state index in [-0.39, 0.29) is 12.6 Å². The minimum absolute atomic E-state index is 0.0196. The molecule has 1 saturated carbocycles.